The first-order valence-corrected chi connectivity index (χ1v) is 21.6. The molecule has 0 radical (unpaired) electrons. The Hall–Kier alpha value is -6.98. The van der Waals surface area contributed by atoms with Crippen molar-refractivity contribution < 1.29 is 0 Å². The van der Waals surface area contributed by atoms with Gasteiger partial charge in [-0.1, -0.05) is 128 Å². The van der Waals surface area contributed by atoms with Crippen LogP contribution in [0.5, 0.6) is 0 Å². The largest absolute Gasteiger partial charge is 0.314 e. The number of nitrogens with zero attached hydrogens (tertiary/aromatic N) is 2. The molecule has 10 aromatic rings. The van der Waals surface area contributed by atoms with E-state index in [1.165, 1.54) is 56.8 Å². The van der Waals surface area contributed by atoms with Crippen LogP contribution in [-0.2, 0) is 0 Å². The maximum absolute atomic E-state index is 4.71. The second-order valence-electron chi connectivity index (χ2n) is 15.0. The summed E-state index contributed by atoms with van der Waals surface area (Å²) in [6.07, 6.45) is 11.8. The van der Waals surface area contributed by atoms with Crippen LogP contribution < -0.4 is 9.80 Å². The van der Waals surface area contributed by atoms with Gasteiger partial charge in [-0.2, -0.15) is 0 Å². The minimum atomic E-state index is 0.731. The second kappa shape index (κ2) is 14.8. The zero-order valence-electron chi connectivity index (χ0n) is 32.3. The van der Waals surface area contributed by atoms with Crippen molar-refractivity contribution in [2.24, 2.45) is 0 Å². The van der Waals surface area contributed by atoms with E-state index in [4.69, 9.17) is 6.58 Å². The van der Waals surface area contributed by atoms with Crippen molar-refractivity contribution in [3.8, 4) is 0 Å². The molecule has 2 heterocycles. The van der Waals surface area contributed by atoms with Crippen molar-refractivity contribution in [1.29, 1.82) is 0 Å². The lowest BCUT2D eigenvalue weighted by Crippen LogP contribution is -2.16. The van der Waals surface area contributed by atoms with Gasteiger partial charge >= 0.3 is 0 Å². The molecule has 2 nitrogen and oxygen atoms in total. The highest BCUT2D eigenvalue weighted by Gasteiger charge is 2.23. The first-order chi connectivity index (χ1) is 29.2. The van der Waals surface area contributed by atoms with E-state index in [1.54, 1.807) is 0 Å². The molecule has 0 bridgehead atoms. The molecule has 0 amide bonds. The number of fused-ring (bicyclic) bond motifs is 9. The number of hydrogen-bond donors (Lipinski definition) is 0. The van der Waals surface area contributed by atoms with Crippen LogP contribution >= 0.6 is 22.7 Å². The van der Waals surface area contributed by atoms with Crippen molar-refractivity contribution >= 4 is 114 Å². The van der Waals surface area contributed by atoms with Gasteiger partial charge in [0, 0.05) is 80.6 Å². The number of benzene rings is 8. The number of thiophene rings is 2. The number of allylic oxidation sites excluding steroid dienone is 5. The second-order valence-corrected chi connectivity index (χ2v) is 17.1. The molecule has 0 saturated carbocycles. The van der Waals surface area contributed by atoms with Crippen molar-refractivity contribution in [2.75, 3.05) is 9.80 Å². The fourth-order valence-corrected chi connectivity index (χ4v) is 10.8. The summed E-state index contributed by atoms with van der Waals surface area (Å²) in [5, 5.41) is 7.47. The van der Waals surface area contributed by atoms with Crippen molar-refractivity contribution in [3.63, 3.8) is 0 Å². The predicted octanol–water partition coefficient (Wildman–Crippen LogP) is 16.8. The van der Waals surface area contributed by atoms with E-state index in [1.807, 2.05) is 22.7 Å². The lowest BCUT2D eigenvalue weighted by Gasteiger charge is -2.30. The van der Waals surface area contributed by atoms with E-state index in [-0.39, 0.29) is 0 Å². The van der Waals surface area contributed by atoms with Crippen LogP contribution in [-0.4, -0.2) is 0 Å². The molecule has 0 aliphatic heterocycles. The van der Waals surface area contributed by atoms with Gasteiger partial charge in [-0.25, -0.2) is 0 Å². The van der Waals surface area contributed by atoms with Gasteiger partial charge in [0.05, 0.1) is 5.69 Å². The molecule has 59 heavy (non-hydrogen) atoms. The maximum Gasteiger partial charge on any atom is 0.0546 e. The van der Waals surface area contributed by atoms with Gasteiger partial charge < -0.3 is 9.80 Å². The van der Waals surface area contributed by atoms with Crippen LogP contribution in [0.3, 0.4) is 0 Å². The molecule has 0 saturated heterocycles. The Morgan fingerprint density at radius 2 is 0.932 bits per heavy atom. The topological polar surface area (TPSA) is 6.48 Å². The smallest absolute Gasteiger partial charge is 0.0546 e. The van der Waals surface area contributed by atoms with Crippen LogP contribution in [0.15, 0.2) is 213 Å². The maximum atomic E-state index is 4.71. The molecule has 0 atom stereocenters. The average molecular weight is 791 g/mol. The van der Waals surface area contributed by atoms with E-state index in [9.17, 15) is 0 Å². The Labute approximate surface area is 351 Å². The lowest BCUT2D eigenvalue weighted by atomic mass is 9.90. The quantitative estimate of drug-likeness (QED) is 0.166. The summed E-state index contributed by atoms with van der Waals surface area (Å²) in [6, 6.07) is 64.1. The van der Waals surface area contributed by atoms with E-state index in [2.05, 4.69) is 216 Å². The summed E-state index contributed by atoms with van der Waals surface area (Å²) >= 11 is 3.70. The highest BCUT2D eigenvalue weighted by Crippen LogP contribution is 2.46. The summed E-state index contributed by atoms with van der Waals surface area (Å²) in [6.45, 7) is 4.71. The van der Waals surface area contributed by atoms with Gasteiger partial charge in [0.2, 0.25) is 0 Å². The summed E-state index contributed by atoms with van der Waals surface area (Å²) < 4.78 is 5.19. The molecule has 8 aromatic carbocycles. The molecule has 4 heteroatoms. The minimum Gasteiger partial charge on any atom is -0.314 e. The zero-order valence-corrected chi connectivity index (χ0v) is 33.9. The molecule has 0 N–H and O–H groups in total. The third-order valence-corrected chi connectivity index (χ3v) is 13.7. The predicted molar refractivity (Wildman–Crippen MR) is 259 cm³/mol. The van der Waals surface area contributed by atoms with Crippen molar-refractivity contribution in [1.82, 2.24) is 0 Å². The lowest BCUT2D eigenvalue weighted by molar-refractivity contribution is 1.09. The van der Waals surface area contributed by atoms with Crippen LogP contribution in [0.25, 0.3) is 62.8 Å². The fourth-order valence-electron chi connectivity index (χ4n) is 8.66. The summed E-state index contributed by atoms with van der Waals surface area (Å²) in [4.78, 5) is 4.86. The van der Waals surface area contributed by atoms with Gasteiger partial charge in [-0.15, -0.1) is 22.7 Å². The van der Waals surface area contributed by atoms with E-state index >= 15 is 0 Å². The van der Waals surface area contributed by atoms with Crippen LogP contribution in [0.2, 0.25) is 0 Å². The molecular formula is C55H38N2S2. The molecule has 1 aliphatic carbocycles. The summed E-state index contributed by atoms with van der Waals surface area (Å²) in [7, 11) is 0. The van der Waals surface area contributed by atoms with Crippen LogP contribution in [0, 0.1) is 0 Å². The Balaban J connectivity index is 1.16. The number of rotatable bonds is 6. The van der Waals surface area contributed by atoms with Gasteiger partial charge in [0.15, 0.2) is 0 Å². The molecule has 1 aliphatic rings. The first-order valence-electron chi connectivity index (χ1n) is 20.0. The highest BCUT2D eigenvalue weighted by atomic mass is 32.1. The van der Waals surface area contributed by atoms with Gasteiger partial charge in [0.25, 0.3) is 0 Å². The van der Waals surface area contributed by atoms with Gasteiger partial charge in [-0.05, 0) is 107 Å². The third-order valence-electron chi connectivity index (χ3n) is 11.4. The fraction of sp³-hybridized carbons (Fsp3) is 0.0182. The van der Waals surface area contributed by atoms with Gasteiger partial charge in [-0.3, -0.25) is 0 Å². The Kier molecular flexibility index (Phi) is 8.80. The molecule has 2 aromatic heterocycles. The number of para-hydroxylation sites is 2. The summed E-state index contributed by atoms with van der Waals surface area (Å²) in [5.74, 6) is 0. The Morgan fingerprint density at radius 1 is 0.424 bits per heavy atom. The number of hydrogen-bond acceptors (Lipinski definition) is 4. The SMILES string of the molecule is C=C1/C=C\C=C/C/C(N(c2ccccc2)c2ccc3sc4ccccc4c3c2)=C\c2c1cc(N(c1ccccc1)c1ccc3sc4ccccc4c3c1)c1ccccc21. The Bertz CT molecular complexity index is 3330. The van der Waals surface area contributed by atoms with Crippen molar-refractivity contribution in [2.45, 2.75) is 6.42 Å². The van der Waals surface area contributed by atoms with E-state index in [0.29, 0.717) is 0 Å². The minimum absolute atomic E-state index is 0.731. The normalized spacial score (nSPS) is 15.0. The standard InChI is InChI=1S/C55H38N2S2/c1-37-17-5-2-10-22-40(56(38-18-6-3-7-19-38)41-29-31-54-49(34-41)45-25-13-15-27-52(45)58-54)33-48-43-23-11-12-24-44(43)51(36-47(37)48)57(39-20-8-4-9-21-39)42-30-32-55-50(35-42)46-26-14-16-28-53(46)59-55/h2-21,23-36H,1,22H2/b10-2-,17-5-,40-33+. The van der Waals surface area contributed by atoms with E-state index in [0.717, 1.165) is 51.6 Å². The molecule has 280 valence electrons. The number of anilines is 5. The van der Waals surface area contributed by atoms with Crippen molar-refractivity contribution in [3.05, 3.63) is 224 Å². The molecule has 0 unspecified atom stereocenters. The molecular weight excluding hydrogens is 753 g/mol. The average Bonchev–Trinajstić information content (AvgIpc) is 3.85. The molecule has 0 fully saturated rings. The molecule has 11 rings (SSSR count). The van der Waals surface area contributed by atoms with E-state index < -0.39 is 0 Å². The summed E-state index contributed by atoms with van der Waals surface area (Å²) in [5.41, 5.74) is 9.95. The zero-order chi connectivity index (χ0) is 39.3. The molecule has 0 spiro atoms. The third kappa shape index (κ3) is 6.25. The monoisotopic (exact) mass is 790 g/mol. The first kappa shape index (κ1) is 35.2. The van der Waals surface area contributed by atoms with Crippen LogP contribution in [0.1, 0.15) is 17.5 Å². The van der Waals surface area contributed by atoms with Crippen LogP contribution in [0.4, 0.5) is 28.4 Å². The van der Waals surface area contributed by atoms with Gasteiger partial charge in [0.1, 0.15) is 0 Å². The highest BCUT2D eigenvalue weighted by molar-refractivity contribution is 7.26. The Morgan fingerprint density at radius 3 is 1.56 bits per heavy atom.